The molecule has 0 aliphatic rings. The van der Waals surface area contributed by atoms with Gasteiger partial charge in [-0.25, -0.2) is 4.79 Å². The van der Waals surface area contributed by atoms with E-state index in [1.807, 2.05) is 56.3 Å². The summed E-state index contributed by atoms with van der Waals surface area (Å²) in [4.78, 5) is 26.3. The van der Waals surface area contributed by atoms with Crippen LogP contribution in [0.4, 0.5) is 18.0 Å². The average molecular weight is 499 g/mol. The molecule has 0 aliphatic carbocycles. The summed E-state index contributed by atoms with van der Waals surface area (Å²) in [6.45, 7) is 4.70. The van der Waals surface area contributed by atoms with Crippen molar-refractivity contribution < 1.29 is 27.5 Å². The molecule has 0 aliphatic heterocycles. The predicted molar refractivity (Wildman–Crippen MR) is 132 cm³/mol. The minimum Gasteiger partial charge on any atom is -0.469 e. The average Bonchev–Trinajstić information content (AvgIpc) is 2.85. The highest BCUT2D eigenvalue weighted by Gasteiger charge is 2.31. The minimum absolute atomic E-state index is 0.200. The number of amides is 2. The van der Waals surface area contributed by atoms with Crippen molar-refractivity contribution in [3.63, 3.8) is 0 Å². The first-order valence-electron chi connectivity index (χ1n) is 11.5. The number of halogens is 3. The Morgan fingerprint density at radius 2 is 1.69 bits per heavy atom. The number of nitrogens with one attached hydrogen (secondary N) is 1. The second-order valence-corrected chi connectivity index (χ2v) is 8.49. The normalized spacial score (nSPS) is 11.2. The highest BCUT2D eigenvalue weighted by Crippen LogP contribution is 2.35. The number of urea groups is 1. The van der Waals surface area contributed by atoms with E-state index in [4.69, 9.17) is 0 Å². The number of hydrogen-bond acceptors (Lipinski definition) is 3. The topological polar surface area (TPSA) is 58.6 Å². The van der Waals surface area contributed by atoms with Gasteiger partial charge in [0.15, 0.2) is 0 Å². The van der Waals surface area contributed by atoms with Crippen molar-refractivity contribution in [3.8, 4) is 11.1 Å². The Morgan fingerprint density at radius 3 is 2.33 bits per heavy atom. The van der Waals surface area contributed by atoms with Crippen LogP contribution in [0.25, 0.3) is 11.1 Å². The first kappa shape index (κ1) is 26.8. The van der Waals surface area contributed by atoms with Crippen molar-refractivity contribution in [2.24, 2.45) is 0 Å². The van der Waals surface area contributed by atoms with Gasteiger partial charge in [-0.1, -0.05) is 60.2 Å². The molecule has 190 valence electrons. The molecule has 5 nitrogen and oxygen atoms in total. The van der Waals surface area contributed by atoms with Gasteiger partial charge in [0.1, 0.15) is 0 Å². The number of carbonyl (C=O) groups is 2. The van der Waals surface area contributed by atoms with Crippen molar-refractivity contribution in [1.29, 1.82) is 0 Å². The number of hydrogen-bond donors (Lipinski definition) is 1. The second kappa shape index (κ2) is 11.7. The van der Waals surface area contributed by atoms with Gasteiger partial charge in [0.2, 0.25) is 0 Å². The van der Waals surface area contributed by atoms with E-state index in [-0.39, 0.29) is 24.6 Å². The quantitative estimate of drug-likeness (QED) is 0.380. The van der Waals surface area contributed by atoms with Crippen LogP contribution in [-0.4, -0.2) is 30.6 Å². The molecule has 1 N–H and O–H groups in total. The number of esters is 1. The third kappa shape index (κ3) is 7.10. The lowest BCUT2D eigenvalue weighted by molar-refractivity contribution is -0.140. The molecular formula is C28H29F3N2O3. The van der Waals surface area contributed by atoms with Gasteiger partial charge in [0, 0.05) is 19.6 Å². The molecule has 0 heterocycles. The molecule has 0 spiro atoms. The molecule has 0 aromatic heterocycles. The Morgan fingerprint density at radius 1 is 0.972 bits per heavy atom. The van der Waals surface area contributed by atoms with Crippen molar-refractivity contribution in [2.75, 3.05) is 13.7 Å². The molecule has 0 bridgehead atoms. The summed E-state index contributed by atoms with van der Waals surface area (Å²) in [5.74, 6) is -0.628. The third-order valence-electron chi connectivity index (χ3n) is 5.78. The van der Waals surface area contributed by atoms with E-state index in [0.29, 0.717) is 29.8 Å². The monoisotopic (exact) mass is 498 g/mol. The van der Waals surface area contributed by atoms with Gasteiger partial charge >= 0.3 is 18.2 Å². The van der Waals surface area contributed by atoms with Gasteiger partial charge in [0.05, 0.1) is 19.1 Å². The lowest BCUT2D eigenvalue weighted by Gasteiger charge is -2.24. The molecule has 3 rings (SSSR count). The highest BCUT2D eigenvalue weighted by molar-refractivity contribution is 5.77. The predicted octanol–water partition coefficient (Wildman–Crippen LogP) is 6.13. The molecule has 3 aromatic rings. The van der Waals surface area contributed by atoms with Gasteiger partial charge < -0.3 is 15.0 Å². The lowest BCUT2D eigenvalue weighted by Crippen LogP contribution is -2.39. The Bertz CT molecular complexity index is 1210. The van der Waals surface area contributed by atoms with Gasteiger partial charge in [-0.05, 0) is 53.8 Å². The van der Waals surface area contributed by atoms with Gasteiger partial charge in [0.25, 0.3) is 0 Å². The molecule has 0 saturated heterocycles. The van der Waals surface area contributed by atoms with Gasteiger partial charge in [-0.15, -0.1) is 0 Å². The van der Waals surface area contributed by atoms with Crippen LogP contribution in [0, 0.1) is 6.92 Å². The Balaban J connectivity index is 1.94. The molecule has 36 heavy (non-hydrogen) atoms. The molecule has 0 saturated carbocycles. The fraction of sp³-hybridized carbons (Fsp3) is 0.286. The number of aryl methyl sites for hydroxylation is 1. The molecule has 0 fully saturated rings. The smallest absolute Gasteiger partial charge is 0.416 e. The lowest BCUT2D eigenvalue weighted by atomic mass is 9.93. The first-order chi connectivity index (χ1) is 17.1. The van der Waals surface area contributed by atoms with Crippen LogP contribution >= 0.6 is 0 Å². The highest BCUT2D eigenvalue weighted by atomic mass is 19.4. The van der Waals surface area contributed by atoms with E-state index < -0.39 is 17.7 Å². The largest absolute Gasteiger partial charge is 0.469 e. The van der Waals surface area contributed by atoms with Crippen LogP contribution in [0.15, 0.2) is 66.7 Å². The van der Waals surface area contributed by atoms with E-state index >= 15 is 0 Å². The van der Waals surface area contributed by atoms with E-state index in [9.17, 15) is 22.8 Å². The summed E-state index contributed by atoms with van der Waals surface area (Å²) >= 11 is 0. The summed E-state index contributed by atoms with van der Waals surface area (Å²) in [7, 11) is 1.19. The number of rotatable bonds is 8. The number of carbonyl (C=O) groups excluding carboxylic acids is 2. The van der Waals surface area contributed by atoms with Crippen LogP contribution in [0.3, 0.4) is 0 Å². The summed E-state index contributed by atoms with van der Waals surface area (Å²) < 4.78 is 45.6. The molecule has 0 atom stereocenters. The van der Waals surface area contributed by atoms with Crippen LogP contribution in [0.1, 0.15) is 34.7 Å². The van der Waals surface area contributed by atoms with E-state index in [1.54, 1.807) is 17.0 Å². The Kier molecular flexibility index (Phi) is 8.74. The van der Waals surface area contributed by atoms with Crippen LogP contribution < -0.4 is 5.32 Å². The van der Waals surface area contributed by atoms with E-state index in [0.717, 1.165) is 23.3 Å². The van der Waals surface area contributed by atoms with Crippen molar-refractivity contribution in [3.05, 3.63) is 94.5 Å². The van der Waals surface area contributed by atoms with E-state index in [2.05, 4.69) is 10.1 Å². The Labute approximate surface area is 208 Å². The van der Waals surface area contributed by atoms with Crippen molar-refractivity contribution >= 4 is 12.0 Å². The first-order valence-corrected chi connectivity index (χ1v) is 11.5. The molecular weight excluding hydrogens is 469 g/mol. The van der Waals surface area contributed by atoms with Crippen molar-refractivity contribution in [1.82, 2.24) is 10.2 Å². The molecule has 0 radical (unpaired) electrons. The number of methoxy groups -OCH3 is 1. The van der Waals surface area contributed by atoms with Crippen LogP contribution in [-0.2, 0) is 35.2 Å². The summed E-state index contributed by atoms with van der Waals surface area (Å²) in [5.41, 5.74) is 2.81. The molecule has 8 heteroatoms. The third-order valence-corrected chi connectivity index (χ3v) is 5.78. The zero-order valence-corrected chi connectivity index (χ0v) is 20.5. The fourth-order valence-electron chi connectivity index (χ4n) is 3.91. The summed E-state index contributed by atoms with van der Waals surface area (Å²) in [5, 5.41) is 2.90. The number of benzene rings is 3. The zero-order chi connectivity index (χ0) is 26.3. The zero-order valence-electron chi connectivity index (χ0n) is 20.5. The maximum absolute atomic E-state index is 13.7. The number of ether oxygens (including phenoxy) is 1. The van der Waals surface area contributed by atoms with Crippen molar-refractivity contribution in [2.45, 2.75) is 39.5 Å². The molecule has 0 unspecified atom stereocenters. The number of nitrogens with zero attached hydrogens (tertiary/aromatic N) is 1. The van der Waals surface area contributed by atoms with Crippen LogP contribution in [0.2, 0.25) is 0 Å². The van der Waals surface area contributed by atoms with Gasteiger partial charge in [-0.3, -0.25) is 4.79 Å². The van der Waals surface area contributed by atoms with E-state index in [1.165, 1.54) is 7.11 Å². The second-order valence-electron chi connectivity index (χ2n) is 8.49. The summed E-state index contributed by atoms with van der Waals surface area (Å²) in [6.07, 6.45) is -4.86. The maximum atomic E-state index is 13.7. The maximum Gasteiger partial charge on any atom is 0.416 e. The minimum atomic E-state index is -4.58. The Hall–Kier alpha value is -3.81. The fourth-order valence-corrected chi connectivity index (χ4v) is 3.91. The standard InChI is InChI=1S/C28H29F3N2O3/c1-4-33(27(35)32-17-20-8-6-5-7-9-20)18-23-12-19(2)10-11-25(23)22-13-21(15-26(34)36-3)14-24(16-22)28(29,30)31/h5-14,16H,4,15,17-18H2,1-3H3,(H,32,35). The molecule has 2 amide bonds. The van der Waals surface area contributed by atoms with Crippen LogP contribution in [0.5, 0.6) is 0 Å². The van der Waals surface area contributed by atoms with Gasteiger partial charge in [-0.2, -0.15) is 13.2 Å². The molecule has 3 aromatic carbocycles. The summed E-state index contributed by atoms with van der Waals surface area (Å²) in [6, 6.07) is 18.2. The SMILES string of the molecule is CCN(Cc1cc(C)ccc1-c1cc(CC(=O)OC)cc(C(F)(F)F)c1)C(=O)NCc1ccccc1. The number of alkyl halides is 3.